The Labute approximate surface area is 140 Å². The molecule has 1 saturated heterocycles. The number of rotatable bonds is 4. The molecule has 1 heterocycles. The van der Waals surface area contributed by atoms with E-state index in [4.69, 9.17) is 28.0 Å². The lowest BCUT2D eigenvalue weighted by Gasteiger charge is -2.18. The lowest BCUT2D eigenvalue weighted by molar-refractivity contribution is -0.165. The van der Waals surface area contributed by atoms with Gasteiger partial charge in [0.15, 0.2) is 0 Å². The number of carbonyl (C=O) groups is 1. The number of amides is 1. The number of hydrazone groups is 1. The van der Waals surface area contributed by atoms with Gasteiger partial charge in [-0.2, -0.15) is 5.10 Å². The van der Waals surface area contributed by atoms with E-state index in [9.17, 15) is 4.79 Å². The fourth-order valence-corrected chi connectivity index (χ4v) is 2.43. The first-order valence-electron chi connectivity index (χ1n) is 6.90. The fraction of sp³-hybridized carbons (Fsp3) is 0.467. The van der Waals surface area contributed by atoms with Crippen molar-refractivity contribution in [3.63, 3.8) is 0 Å². The second-order valence-corrected chi connectivity index (χ2v) is 6.91. The molecule has 0 radical (unpaired) electrons. The Kier molecular flexibility index (Phi) is 5.00. The van der Waals surface area contributed by atoms with Crippen molar-refractivity contribution in [3.05, 3.63) is 27.7 Å². The van der Waals surface area contributed by atoms with E-state index in [-0.39, 0.29) is 12.5 Å². The number of hydrogen-bond donors (Lipinski definition) is 1. The maximum absolute atomic E-state index is 12.2. The van der Waals surface area contributed by atoms with Crippen molar-refractivity contribution in [2.24, 2.45) is 10.5 Å². The van der Waals surface area contributed by atoms with Crippen LogP contribution in [0.15, 0.2) is 17.2 Å². The van der Waals surface area contributed by atoms with Crippen LogP contribution < -0.4 is 5.43 Å². The fourth-order valence-electron chi connectivity index (χ4n) is 1.94. The van der Waals surface area contributed by atoms with Crippen LogP contribution in [0.25, 0.3) is 0 Å². The maximum atomic E-state index is 12.2. The topological polar surface area (TPSA) is 53.9 Å². The SMILES string of the molecule is CC(C)=NNc1cc(CN2OCC(C)(C)C2=O)c(Cl)cc1Cl. The van der Waals surface area contributed by atoms with Gasteiger partial charge >= 0.3 is 0 Å². The van der Waals surface area contributed by atoms with Crippen molar-refractivity contribution in [2.75, 3.05) is 12.0 Å². The molecule has 5 nitrogen and oxygen atoms in total. The van der Waals surface area contributed by atoms with Crippen LogP contribution in [0.1, 0.15) is 33.3 Å². The van der Waals surface area contributed by atoms with E-state index in [1.807, 2.05) is 27.7 Å². The van der Waals surface area contributed by atoms with Gasteiger partial charge in [-0.1, -0.05) is 23.2 Å². The van der Waals surface area contributed by atoms with Gasteiger partial charge in [-0.15, -0.1) is 0 Å². The molecule has 2 rings (SSSR count). The van der Waals surface area contributed by atoms with E-state index in [2.05, 4.69) is 10.5 Å². The van der Waals surface area contributed by atoms with E-state index in [1.165, 1.54) is 5.06 Å². The summed E-state index contributed by atoms with van der Waals surface area (Å²) in [6.45, 7) is 8.07. The molecule has 1 N–H and O–H groups in total. The number of halogens is 2. The number of anilines is 1. The molecule has 0 aliphatic carbocycles. The van der Waals surface area contributed by atoms with Gasteiger partial charge in [-0.05, 0) is 45.4 Å². The highest BCUT2D eigenvalue weighted by Crippen LogP contribution is 2.33. The minimum atomic E-state index is -0.510. The molecule has 1 aromatic carbocycles. The third kappa shape index (κ3) is 3.72. The highest BCUT2D eigenvalue weighted by Gasteiger charge is 2.40. The van der Waals surface area contributed by atoms with Gasteiger partial charge in [0.25, 0.3) is 5.91 Å². The number of carbonyl (C=O) groups excluding carboxylic acids is 1. The highest BCUT2D eigenvalue weighted by atomic mass is 35.5. The molecule has 0 atom stereocenters. The predicted molar refractivity (Wildman–Crippen MR) is 89.2 cm³/mol. The zero-order valence-corrected chi connectivity index (χ0v) is 14.5. The van der Waals surface area contributed by atoms with Gasteiger partial charge in [0.1, 0.15) is 0 Å². The van der Waals surface area contributed by atoms with Gasteiger partial charge in [-0.3, -0.25) is 15.1 Å². The van der Waals surface area contributed by atoms with Gasteiger partial charge in [-0.25, -0.2) is 5.06 Å². The molecule has 7 heteroatoms. The molecule has 0 bridgehead atoms. The average molecular weight is 344 g/mol. The van der Waals surface area contributed by atoms with E-state index >= 15 is 0 Å². The Morgan fingerprint density at radius 2 is 2.05 bits per heavy atom. The van der Waals surface area contributed by atoms with Crippen LogP contribution >= 0.6 is 23.2 Å². The Morgan fingerprint density at radius 1 is 1.36 bits per heavy atom. The Bertz CT molecular complexity index is 625. The van der Waals surface area contributed by atoms with Crippen molar-refractivity contribution >= 4 is 40.5 Å². The standard InChI is InChI=1S/C15H19Cl2N3O2/c1-9(2)18-19-13-5-10(11(16)6-12(13)17)7-20-14(21)15(3,4)8-22-20/h5-6,19H,7-8H2,1-4H3. The zero-order valence-electron chi connectivity index (χ0n) is 13.0. The second-order valence-electron chi connectivity index (χ2n) is 6.09. The molecule has 0 aromatic heterocycles. The van der Waals surface area contributed by atoms with Crippen LogP contribution in [0, 0.1) is 5.41 Å². The first kappa shape index (κ1) is 17.1. The van der Waals surface area contributed by atoms with Crippen LogP contribution in [-0.4, -0.2) is 23.3 Å². The summed E-state index contributed by atoms with van der Waals surface area (Å²) in [4.78, 5) is 17.7. The summed E-state index contributed by atoms with van der Waals surface area (Å²) in [5.74, 6) is -0.0598. The quantitative estimate of drug-likeness (QED) is 0.661. The van der Waals surface area contributed by atoms with Gasteiger partial charge < -0.3 is 0 Å². The molecule has 1 amide bonds. The molecular formula is C15H19Cl2N3O2. The van der Waals surface area contributed by atoms with Crippen LogP contribution in [0.3, 0.4) is 0 Å². The van der Waals surface area contributed by atoms with Crippen LogP contribution in [-0.2, 0) is 16.2 Å². The van der Waals surface area contributed by atoms with E-state index in [1.54, 1.807) is 12.1 Å². The minimum Gasteiger partial charge on any atom is -0.277 e. The van der Waals surface area contributed by atoms with Crippen molar-refractivity contribution < 1.29 is 9.63 Å². The van der Waals surface area contributed by atoms with Crippen LogP contribution in [0.2, 0.25) is 10.0 Å². The first-order valence-corrected chi connectivity index (χ1v) is 7.66. The number of hydroxylamine groups is 2. The molecule has 0 unspecified atom stereocenters. The van der Waals surface area contributed by atoms with E-state index in [0.717, 1.165) is 11.3 Å². The van der Waals surface area contributed by atoms with Crippen molar-refractivity contribution in [2.45, 2.75) is 34.2 Å². The molecule has 1 fully saturated rings. The largest absolute Gasteiger partial charge is 0.277 e. The van der Waals surface area contributed by atoms with Crippen molar-refractivity contribution in [1.82, 2.24) is 5.06 Å². The summed E-state index contributed by atoms with van der Waals surface area (Å²) >= 11 is 12.4. The Hall–Kier alpha value is -1.30. The lowest BCUT2D eigenvalue weighted by Crippen LogP contribution is -2.30. The summed E-state index contributed by atoms with van der Waals surface area (Å²) in [7, 11) is 0. The van der Waals surface area contributed by atoms with E-state index < -0.39 is 5.41 Å². The second kappa shape index (κ2) is 6.44. The van der Waals surface area contributed by atoms with Crippen molar-refractivity contribution in [3.8, 4) is 0 Å². The molecule has 0 saturated carbocycles. The van der Waals surface area contributed by atoms with Crippen molar-refractivity contribution in [1.29, 1.82) is 0 Å². The van der Waals surface area contributed by atoms with Crippen LogP contribution in [0.5, 0.6) is 0 Å². The molecule has 120 valence electrons. The number of nitrogens with one attached hydrogen (secondary N) is 1. The summed E-state index contributed by atoms with van der Waals surface area (Å²) in [6, 6.07) is 3.41. The Balaban J connectivity index is 2.22. The van der Waals surface area contributed by atoms with Crippen LogP contribution in [0.4, 0.5) is 5.69 Å². The number of benzene rings is 1. The third-order valence-corrected chi connectivity index (χ3v) is 3.90. The molecule has 1 aromatic rings. The normalized spacial score (nSPS) is 16.8. The molecule has 1 aliphatic rings. The maximum Gasteiger partial charge on any atom is 0.254 e. The van der Waals surface area contributed by atoms with Gasteiger partial charge in [0, 0.05) is 10.7 Å². The molecule has 22 heavy (non-hydrogen) atoms. The average Bonchev–Trinajstić information content (AvgIpc) is 2.67. The monoisotopic (exact) mass is 343 g/mol. The smallest absolute Gasteiger partial charge is 0.254 e. The predicted octanol–water partition coefficient (Wildman–Crippen LogP) is 4.10. The summed E-state index contributed by atoms with van der Waals surface area (Å²) in [5, 5.41) is 6.41. The lowest BCUT2D eigenvalue weighted by atomic mass is 9.95. The number of hydrogen-bond acceptors (Lipinski definition) is 4. The Morgan fingerprint density at radius 3 is 2.59 bits per heavy atom. The number of nitrogens with zero attached hydrogens (tertiary/aromatic N) is 2. The van der Waals surface area contributed by atoms with E-state index in [0.29, 0.717) is 22.3 Å². The van der Waals surface area contributed by atoms with Gasteiger partial charge in [0.05, 0.1) is 29.3 Å². The zero-order chi connectivity index (χ0) is 16.5. The summed E-state index contributed by atoms with van der Waals surface area (Å²) in [6.07, 6.45) is 0. The molecule has 0 spiro atoms. The minimum absolute atomic E-state index is 0.0598. The van der Waals surface area contributed by atoms with Gasteiger partial charge in [0.2, 0.25) is 0 Å². The summed E-state index contributed by atoms with van der Waals surface area (Å²) in [5.41, 5.74) is 4.62. The highest BCUT2D eigenvalue weighted by molar-refractivity contribution is 6.36. The third-order valence-electron chi connectivity index (χ3n) is 3.24. The molecule has 1 aliphatic heterocycles. The first-order chi connectivity index (χ1) is 10.2. The summed E-state index contributed by atoms with van der Waals surface area (Å²) < 4.78 is 0. The molecular weight excluding hydrogens is 325 g/mol.